The number of hydrogen-bond acceptors (Lipinski definition) is 2. The van der Waals surface area contributed by atoms with Crippen LogP contribution in [0.25, 0.3) is 0 Å². The highest BCUT2D eigenvalue weighted by Crippen LogP contribution is 2.32. The number of carbonyl (C=O) groups excluding carboxylic acids is 1. The molecule has 1 amide bonds. The van der Waals surface area contributed by atoms with Crippen molar-refractivity contribution >= 4 is 18.3 Å². The van der Waals surface area contributed by atoms with Gasteiger partial charge in [-0.05, 0) is 45.6 Å². The minimum Gasteiger partial charge on any atom is -0.352 e. The van der Waals surface area contributed by atoms with E-state index >= 15 is 0 Å². The lowest BCUT2D eigenvalue weighted by atomic mass is 10.0. The predicted octanol–water partition coefficient (Wildman–Crippen LogP) is 2.26. The molecular formula is C15H23ClN2O. The first kappa shape index (κ1) is 16.0. The van der Waals surface area contributed by atoms with Gasteiger partial charge in [-0.25, -0.2) is 0 Å². The molecular weight excluding hydrogens is 260 g/mol. The molecule has 19 heavy (non-hydrogen) atoms. The Hall–Kier alpha value is -1.06. The normalized spacial score (nSPS) is 17.3. The maximum Gasteiger partial charge on any atom is 0.240 e. The Labute approximate surface area is 121 Å². The Kier molecular flexibility index (Phi) is 4.99. The Morgan fingerprint density at radius 1 is 1.32 bits per heavy atom. The molecule has 0 aliphatic heterocycles. The van der Waals surface area contributed by atoms with Crippen molar-refractivity contribution in [3.05, 3.63) is 34.9 Å². The van der Waals surface area contributed by atoms with Crippen molar-refractivity contribution < 1.29 is 4.79 Å². The van der Waals surface area contributed by atoms with Crippen LogP contribution in [0.1, 0.15) is 36.5 Å². The van der Waals surface area contributed by atoms with Crippen molar-refractivity contribution in [2.45, 2.75) is 51.6 Å². The molecule has 0 heterocycles. The van der Waals surface area contributed by atoms with E-state index in [4.69, 9.17) is 5.73 Å². The SMILES string of the molecule is Cc1cc(C)cc(CC(C)NC(=O)C2(N)CC2)c1.Cl. The smallest absolute Gasteiger partial charge is 0.240 e. The van der Waals surface area contributed by atoms with Crippen molar-refractivity contribution in [2.24, 2.45) is 5.73 Å². The number of nitrogens with one attached hydrogen (secondary N) is 1. The highest BCUT2D eigenvalue weighted by molar-refractivity contribution is 5.89. The number of benzene rings is 1. The van der Waals surface area contributed by atoms with Crippen LogP contribution in [0.3, 0.4) is 0 Å². The first-order valence-corrected chi connectivity index (χ1v) is 6.56. The quantitative estimate of drug-likeness (QED) is 0.890. The number of nitrogens with two attached hydrogens (primary N) is 1. The van der Waals surface area contributed by atoms with Crippen LogP contribution < -0.4 is 11.1 Å². The van der Waals surface area contributed by atoms with Gasteiger partial charge in [-0.2, -0.15) is 0 Å². The topological polar surface area (TPSA) is 55.1 Å². The number of halogens is 1. The summed E-state index contributed by atoms with van der Waals surface area (Å²) in [5, 5.41) is 3.01. The average Bonchev–Trinajstić information content (AvgIpc) is 2.95. The van der Waals surface area contributed by atoms with Crippen molar-refractivity contribution in [2.75, 3.05) is 0 Å². The van der Waals surface area contributed by atoms with Crippen LogP contribution in [0.2, 0.25) is 0 Å². The average molecular weight is 283 g/mol. The molecule has 3 nitrogen and oxygen atoms in total. The first-order chi connectivity index (χ1) is 8.39. The molecule has 1 aromatic carbocycles. The summed E-state index contributed by atoms with van der Waals surface area (Å²) in [5.74, 6) is -0.000579. The van der Waals surface area contributed by atoms with Gasteiger partial charge in [-0.15, -0.1) is 12.4 Å². The van der Waals surface area contributed by atoms with E-state index in [1.165, 1.54) is 16.7 Å². The van der Waals surface area contributed by atoms with Gasteiger partial charge in [0.1, 0.15) is 0 Å². The van der Waals surface area contributed by atoms with Crippen LogP contribution in [0, 0.1) is 13.8 Å². The molecule has 1 atom stereocenters. The van der Waals surface area contributed by atoms with Gasteiger partial charge in [0.05, 0.1) is 5.54 Å². The van der Waals surface area contributed by atoms with E-state index in [0.717, 1.165) is 19.3 Å². The van der Waals surface area contributed by atoms with Gasteiger partial charge in [0, 0.05) is 6.04 Å². The Morgan fingerprint density at radius 3 is 2.32 bits per heavy atom. The molecule has 1 unspecified atom stereocenters. The lowest BCUT2D eigenvalue weighted by molar-refractivity contribution is -0.123. The standard InChI is InChI=1S/C15H22N2O.ClH/c1-10-6-11(2)8-13(7-10)9-12(3)17-14(18)15(16)4-5-15;/h6-8,12H,4-5,9,16H2,1-3H3,(H,17,18);1H. The van der Waals surface area contributed by atoms with Crippen LogP contribution in [0.15, 0.2) is 18.2 Å². The van der Waals surface area contributed by atoms with E-state index in [1.807, 2.05) is 6.92 Å². The van der Waals surface area contributed by atoms with E-state index in [1.54, 1.807) is 0 Å². The summed E-state index contributed by atoms with van der Waals surface area (Å²) < 4.78 is 0. The molecule has 1 aliphatic carbocycles. The second kappa shape index (κ2) is 5.93. The van der Waals surface area contributed by atoms with E-state index in [0.29, 0.717) is 0 Å². The van der Waals surface area contributed by atoms with Gasteiger partial charge in [0.15, 0.2) is 0 Å². The summed E-state index contributed by atoms with van der Waals surface area (Å²) in [7, 11) is 0. The third-order valence-corrected chi connectivity index (χ3v) is 3.44. The van der Waals surface area contributed by atoms with Crippen LogP contribution in [-0.2, 0) is 11.2 Å². The minimum atomic E-state index is -0.573. The third kappa shape index (κ3) is 4.22. The van der Waals surface area contributed by atoms with Gasteiger partial charge >= 0.3 is 0 Å². The molecule has 0 saturated heterocycles. The first-order valence-electron chi connectivity index (χ1n) is 6.56. The third-order valence-electron chi connectivity index (χ3n) is 3.44. The zero-order valence-electron chi connectivity index (χ0n) is 11.8. The van der Waals surface area contributed by atoms with Crippen LogP contribution >= 0.6 is 12.4 Å². The number of aryl methyl sites for hydroxylation is 2. The predicted molar refractivity (Wildman–Crippen MR) is 80.6 cm³/mol. The molecule has 1 fully saturated rings. The summed E-state index contributed by atoms with van der Waals surface area (Å²) in [6.07, 6.45) is 2.48. The summed E-state index contributed by atoms with van der Waals surface area (Å²) in [6, 6.07) is 6.63. The highest BCUT2D eigenvalue weighted by atomic mass is 35.5. The van der Waals surface area contributed by atoms with Crippen LogP contribution in [-0.4, -0.2) is 17.5 Å². The molecule has 106 valence electrons. The minimum absolute atomic E-state index is 0. The van der Waals surface area contributed by atoms with Crippen molar-refractivity contribution in [1.29, 1.82) is 0 Å². The number of hydrogen-bond donors (Lipinski definition) is 2. The second-order valence-electron chi connectivity index (χ2n) is 5.73. The van der Waals surface area contributed by atoms with E-state index in [-0.39, 0.29) is 24.4 Å². The van der Waals surface area contributed by atoms with E-state index < -0.39 is 5.54 Å². The van der Waals surface area contributed by atoms with Crippen molar-refractivity contribution in [1.82, 2.24) is 5.32 Å². The molecule has 0 spiro atoms. The zero-order chi connectivity index (χ0) is 13.3. The Balaban J connectivity index is 0.00000180. The number of rotatable bonds is 4. The fourth-order valence-electron chi connectivity index (χ4n) is 2.32. The van der Waals surface area contributed by atoms with Gasteiger partial charge < -0.3 is 11.1 Å². The Morgan fingerprint density at radius 2 is 1.84 bits per heavy atom. The molecule has 0 radical (unpaired) electrons. The van der Waals surface area contributed by atoms with Crippen molar-refractivity contribution in [3.63, 3.8) is 0 Å². The largest absolute Gasteiger partial charge is 0.352 e. The number of amides is 1. The second-order valence-corrected chi connectivity index (χ2v) is 5.73. The lowest BCUT2D eigenvalue weighted by Gasteiger charge is -2.17. The van der Waals surface area contributed by atoms with Crippen LogP contribution in [0.4, 0.5) is 0 Å². The van der Waals surface area contributed by atoms with Crippen molar-refractivity contribution in [3.8, 4) is 0 Å². The summed E-state index contributed by atoms with van der Waals surface area (Å²) in [5.41, 5.74) is 9.09. The lowest BCUT2D eigenvalue weighted by Crippen LogP contribution is -2.46. The Bertz CT molecular complexity index is 449. The summed E-state index contributed by atoms with van der Waals surface area (Å²) in [6.45, 7) is 6.22. The monoisotopic (exact) mass is 282 g/mol. The highest BCUT2D eigenvalue weighted by Gasteiger charge is 2.46. The van der Waals surface area contributed by atoms with E-state index in [2.05, 4.69) is 37.4 Å². The molecule has 4 heteroatoms. The summed E-state index contributed by atoms with van der Waals surface area (Å²) in [4.78, 5) is 11.8. The molecule has 0 aromatic heterocycles. The van der Waals surface area contributed by atoms with Crippen LogP contribution in [0.5, 0.6) is 0 Å². The van der Waals surface area contributed by atoms with Gasteiger partial charge in [0.25, 0.3) is 0 Å². The fraction of sp³-hybridized carbons (Fsp3) is 0.533. The van der Waals surface area contributed by atoms with Gasteiger partial charge in [0.2, 0.25) is 5.91 Å². The zero-order valence-corrected chi connectivity index (χ0v) is 12.6. The maximum absolute atomic E-state index is 11.8. The van der Waals surface area contributed by atoms with E-state index in [9.17, 15) is 4.79 Å². The molecule has 3 N–H and O–H groups in total. The molecule has 1 saturated carbocycles. The number of carbonyl (C=O) groups is 1. The van der Waals surface area contributed by atoms with Gasteiger partial charge in [-0.3, -0.25) is 4.79 Å². The maximum atomic E-state index is 11.8. The molecule has 2 rings (SSSR count). The molecule has 1 aliphatic rings. The molecule has 0 bridgehead atoms. The van der Waals surface area contributed by atoms with Gasteiger partial charge in [-0.1, -0.05) is 29.3 Å². The fourth-order valence-corrected chi connectivity index (χ4v) is 2.32. The molecule has 1 aromatic rings. The summed E-state index contributed by atoms with van der Waals surface area (Å²) >= 11 is 0.